The lowest BCUT2D eigenvalue weighted by Crippen LogP contribution is -2.53. The molecule has 202 valence electrons. The summed E-state index contributed by atoms with van der Waals surface area (Å²) >= 11 is 0. The van der Waals surface area contributed by atoms with Crippen LogP contribution in [0.15, 0.2) is 54.6 Å². The predicted octanol–water partition coefficient (Wildman–Crippen LogP) is 2.15. The van der Waals surface area contributed by atoms with Crippen molar-refractivity contribution in [2.24, 2.45) is 11.8 Å². The van der Waals surface area contributed by atoms with Gasteiger partial charge in [-0.3, -0.25) is 14.4 Å². The molecule has 0 radical (unpaired) electrons. The molecule has 0 aromatic heterocycles. The van der Waals surface area contributed by atoms with Crippen molar-refractivity contribution >= 4 is 29.1 Å². The van der Waals surface area contributed by atoms with Gasteiger partial charge in [-0.2, -0.15) is 0 Å². The fourth-order valence-corrected chi connectivity index (χ4v) is 6.56. The number of amides is 3. The van der Waals surface area contributed by atoms with E-state index in [-0.39, 0.29) is 30.9 Å². The molecule has 3 heterocycles. The maximum atomic E-state index is 13.7. The zero-order valence-corrected chi connectivity index (χ0v) is 21.9. The van der Waals surface area contributed by atoms with Crippen LogP contribution in [0.3, 0.4) is 0 Å². The highest BCUT2D eigenvalue weighted by molar-refractivity contribution is 6.03. The second-order valence-corrected chi connectivity index (χ2v) is 10.2. The largest absolute Gasteiger partial charge is 0.395 e. The molecule has 3 amide bonds. The van der Waals surface area contributed by atoms with Crippen LogP contribution in [0.2, 0.25) is 0 Å². The van der Waals surface area contributed by atoms with Crippen molar-refractivity contribution < 1.29 is 24.2 Å². The lowest BCUT2D eigenvalue weighted by molar-refractivity contribution is -0.141. The van der Waals surface area contributed by atoms with Gasteiger partial charge in [-0.05, 0) is 56.5 Å². The van der Waals surface area contributed by atoms with Gasteiger partial charge in [0.2, 0.25) is 17.7 Å². The number of carbonyl (C=O) groups is 3. The van der Waals surface area contributed by atoms with E-state index in [1.54, 1.807) is 0 Å². The number of ether oxygens (including phenoxy) is 1. The number of likely N-dealkylation sites (tertiary alicyclic amines) is 1. The van der Waals surface area contributed by atoms with Gasteiger partial charge < -0.3 is 30.3 Å². The van der Waals surface area contributed by atoms with E-state index in [2.05, 4.69) is 29.4 Å². The number of nitrogens with one attached hydrogen (secondary N) is 2. The molecule has 0 aliphatic carbocycles. The summed E-state index contributed by atoms with van der Waals surface area (Å²) in [7, 11) is 0. The van der Waals surface area contributed by atoms with Crippen LogP contribution in [0.5, 0.6) is 0 Å². The molecule has 0 saturated carbocycles. The number of β-amino-alcohol motifs (C(OH)–C–C–N with tert-alkyl or cyclic N) is 1. The number of hydrogen-bond acceptors (Lipinski definition) is 6. The zero-order valence-electron chi connectivity index (χ0n) is 21.9. The van der Waals surface area contributed by atoms with E-state index < -0.39 is 29.6 Å². The van der Waals surface area contributed by atoms with E-state index in [4.69, 9.17) is 4.74 Å². The minimum Gasteiger partial charge on any atom is -0.395 e. The Labute approximate surface area is 223 Å². The Hall–Kier alpha value is -3.43. The van der Waals surface area contributed by atoms with E-state index in [0.29, 0.717) is 25.1 Å². The Morgan fingerprint density at radius 2 is 1.79 bits per heavy atom. The standard InChI is InChI=1S/C29H36N4O5/c1-3-32(4-2)21-12-10-20(11-13-21)31-27(36)25-29-15-14-22(38-29)23(24(29)28(37)33(25)16-17-34)26(35)30-18-19-8-6-5-7-9-19/h5-13,22-25,34H,3-4,14-18H2,1-2H3,(H,30,35)(H,31,36)/t22-,23+,24-,25?,29?/m0/s1. The number of aliphatic hydroxyl groups excluding tert-OH is 1. The molecule has 38 heavy (non-hydrogen) atoms. The number of carbonyl (C=O) groups excluding carboxylic acids is 3. The van der Waals surface area contributed by atoms with Gasteiger partial charge in [0.05, 0.1) is 24.5 Å². The maximum absolute atomic E-state index is 13.7. The molecule has 3 N–H and O–H groups in total. The SMILES string of the molecule is CCN(CC)c1ccc(NC(=O)C2N(CCO)C(=O)[C@@H]3[C@H](C(=O)NCc4ccccc4)[C@@H]4CCC23O4)cc1. The van der Waals surface area contributed by atoms with Gasteiger partial charge in [-0.1, -0.05) is 30.3 Å². The molecule has 3 fully saturated rings. The Balaban J connectivity index is 1.36. The molecular weight excluding hydrogens is 484 g/mol. The van der Waals surface area contributed by atoms with Crippen molar-refractivity contribution in [3.05, 3.63) is 60.2 Å². The first-order valence-electron chi connectivity index (χ1n) is 13.5. The second kappa shape index (κ2) is 10.7. The third kappa shape index (κ3) is 4.43. The van der Waals surface area contributed by atoms with Gasteiger partial charge >= 0.3 is 0 Å². The Morgan fingerprint density at radius 3 is 2.45 bits per heavy atom. The van der Waals surface area contributed by atoms with Gasteiger partial charge in [0.25, 0.3) is 0 Å². The second-order valence-electron chi connectivity index (χ2n) is 10.2. The summed E-state index contributed by atoms with van der Waals surface area (Å²) in [6, 6.07) is 16.3. The van der Waals surface area contributed by atoms with Crippen molar-refractivity contribution in [1.29, 1.82) is 0 Å². The molecule has 9 heteroatoms. The van der Waals surface area contributed by atoms with Crippen LogP contribution in [-0.4, -0.2) is 71.7 Å². The highest BCUT2D eigenvalue weighted by atomic mass is 16.5. The van der Waals surface area contributed by atoms with E-state index in [9.17, 15) is 19.5 Å². The number of hydrogen-bond donors (Lipinski definition) is 3. The molecule has 2 aromatic rings. The fraction of sp³-hybridized carbons (Fsp3) is 0.483. The summed E-state index contributed by atoms with van der Waals surface area (Å²) in [5, 5.41) is 15.7. The van der Waals surface area contributed by atoms with Gasteiger partial charge in [-0.25, -0.2) is 0 Å². The summed E-state index contributed by atoms with van der Waals surface area (Å²) in [5.41, 5.74) is 1.55. The van der Waals surface area contributed by atoms with Crippen molar-refractivity contribution in [3.63, 3.8) is 0 Å². The summed E-state index contributed by atoms with van der Waals surface area (Å²) in [6.07, 6.45) is 0.694. The highest BCUT2D eigenvalue weighted by Gasteiger charge is 2.74. The Morgan fingerprint density at radius 1 is 1.08 bits per heavy atom. The van der Waals surface area contributed by atoms with E-state index in [1.807, 2.05) is 54.6 Å². The molecule has 2 aromatic carbocycles. The van der Waals surface area contributed by atoms with Crippen molar-refractivity contribution in [1.82, 2.24) is 10.2 Å². The average Bonchev–Trinajstić information content (AvgIpc) is 3.57. The van der Waals surface area contributed by atoms with E-state index in [0.717, 1.165) is 24.3 Å². The third-order valence-corrected chi connectivity index (χ3v) is 8.27. The van der Waals surface area contributed by atoms with Gasteiger partial charge in [-0.15, -0.1) is 0 Å². The predicted molar refractivity (Wildman–Crippen MR) is 143 cm³/mol. The number of aliphatic hydroxyl groups is 1. The van der Waals surface area contributed by atoms with E-state index in [1.165, 1.54) is 4.90 Å². The van der Waals surface area contributed by atoms with Crippen LogP contribution in [0.25, 0.3) is 0 Å². The molecule has 5 rings (SSSR count). The van der Waals surface area contributed by atoms with Crippen LogP contribution >= 0.6 is 0 Å². The van der Waals surface area contributed by atoms with Crippen LogP contribution in [0, 0.1) is 11.8 Å². The molecule has 3 saturated heterocycles. The Kier molecular flexibility index (Phi) is 7.40. The molecule has 2 bridgehead atoms. The summed E-state index contributed by atoms with van der Waals surface area (Å²) in [5.74, 6) is -2.35. The van der Waals surface area contributed by atoms with Crippen LogP contribution < -0.4 is 15.5 Å². The van der Waals surface area contributed by atoms with Crippen molar-refractivity contribution in [2.45, 2.75) is 51.0 Å². The smallest absolute Gasteiger partial charge is 0.250 e. The number of nitrogens with zero attached hydrogens (tertiary/aromatic N) is 2. The van der Waals surface area contributed by atoms with Gasteiger partial charge in [0.1, 0.15) is 11.6 Å². The molecule has 3 aliphatic heterocycles. The zero-order chi connectivity index (χ0) is 26.9. The van der Waals surface area contributed by atoms with Crippen LogP contribution in [0.1, 0.15) is 32.3 Å². The first-order valence-corrected chi connectivity index (χ1v) is 13.5. The molecule has 5 atom stereocenters. The summed E-state index contributed by atoms with van der Waals surface area (Å²) in [4.78, 5) is 44.3. The first kappa shape index (κ1) is 26.2. The minimum absolute atomic E-state index is 0.00243. The summed E-state index contributed by atoms with van der Waals surface area (Å²) < 4.78 is 6.40. The van der Waals surface area contributed by atoms with Crippen LogP contribution in [-0.2, 0) is 25.7 Å². The Bertz CT molecular complexity index is 1170. The molecular formula is C29H36N4O5. The molecule has 9 nitrogen and oxygen atoms in total. The van der Waals surface area contributed by atoms with E-state index >= 15 is 0 Å². The number of fused-ring (bicyclic) bond motifs is 1. The minimum atomic E-state index is -1.09. The molecule has 2 unspecified atom stereocenters. The van der Waals surface area contributed by atoms with Crippen molar-refractivity contribution in [3.8, 4) is 0 Å². The monoisotopic (exact) mass is 520 g/mol. The number of anilines is 2. The average molecular weight is 521 g/mol. The molecule has 3 aliphatic rings. The normalized spacial score (nSPS) is 27.3. The maximum Gasteiger partial charge on any atom is 0.250 e. The van der Waals surface area contributed by atoms with Gasteiger partial charge in [0.15, 0.2) is 0 Å². The summed E-state index contributed by atoms with van der Waals surface area (Å²) in [6.45, 7) is 6.01. The highest BCUT2D eigenvalue weighted by Crippen LogP contribution is 2.58. The fourth-order valence-electron chi connectivity index (χ4n) is 6.56. The molecule has 1 spiro atoms. The third-order valence-electron chi connectivity index (χ3n) is 8.27. The first-order chi connectivity index (χ1) is 18.4. The van der Waals surface area contributed by atoms with Crippen molar-refractivity contribution in [2.75, 3.05) is 36.5 Å². The quantitative estimate of drug-likeness (QED) is 0.443. The lowest BCUT2D eigenvalue weighted by atomic mass is 9.70. The van der Waals surface area contributed by atoms with Crippen LogP contribution in [0.4, 0.5) is 11.4 Å². The lowest BCUT2D eigenvalue weighted by Gasteiger charge is -2.33. The topological polar surface area (TPSA) is 111 Å². The van der Waals surface area contributed by atoms with Gasteiger partial charge in [0, 0.05) is 37.6 Å². The number of rotatable bonds is 10. The number of benzene rings is 2.